The minimum Gasteiger partial charge on any atom is -0.357 e. The average molecular weight is 383 g/mol. The maximum Gasteiger partial charge on any atom is 0.191 e. The van der Waals surface area contributed by atoms with Crippen molar-refractivity contribution < 1.29 is 0 Å². The highest BCUT2D eigenvalue weighted by atomic mass is 35.5. The van der Waals surface area contributed by atoms with Crippen LogP contribution in [-0.2, 0) is 13.0 Å². The van der Waals surface area contributed by atoms with Crippen molar-refractivity contribution in [2.45, 2.75) is 19.9 Å². The molecule has 0 bridgehead atoms. The van der Waals surface area contributed by atoms with Gasteiger partial charge in [0.2, 0.25) is 0 Å². The minimum atomic E-state index is 0.512. The number of aliphatic imine (C=N–C) groups is 1. The minimum absolute atomic E-state index is 0.512. The summed E-state index contributed by atoms with van der Waals surface area (Å²) in [5.74, 6) is 0.792. The first-order chi connectivity index (χ1) is 13.3. The number of imidazole rings is 1. The molecule has 0 spiro atoms. The first kappa shape index (κ1) is 18.9. The summed E-state index contributed by atoms with van der Waals surface area (Å²) in [5, 5.41) is 7.16. The predicted octanol–water partition coefficient (Wildman–Crippen LogP) is 3.22. The fourth-order valence-corrected chi connectivity index (χ4v) is 2.80. The van der Waals surface area contributed by atoms with E-state index in [0.29, 0.717) is 11.7 Å². The van der Waals surface area contributed by atoms with Gasteiger partial charge in [-0.2, -0.15) is 0 Å². The Hall–Kier alpha value is -2.86. The van der Waals surface area contributed by atoms with E-state index in [0.717, 1.165) is 42.3 Å². The summed E-state index contributed by atoms with van der Waals surface area (Å²) < 4.78 is 2.00. The van der Waals surface area contributed by atoms with Crippen molar-refractivity contribution in [3.63, 3.8) is 0 Å². The smallest absolute Gasteiger partial charge is 0.191 e. The second-order valence-corrected chi connectivity index (χ2v) is 6.35. The van der Waals surface area contributed by atoms with E-state index in [4.69, 9.17) is 16.6 Å². The molecule has 140 valence electrons. The van der Waals surface area contributed by atoms with Gasteiger partial charge in [0.05, 0.1) is 18.6 Å². The fourth-order valence-electron chi connectivity index (χ4n) is 2.68. The number of pyridine rings is 1. The first-order valence-corrected chi connectivity index (χ1v) is 9.33. The third-order valence-corrected chi connectivity index (χ3v) is 4.24. The lowest BCUT2D eigenvalue weighted by molar-refractivity contribution is 0.797. The van der Waals surface area contributed by atoms with E-state index < -0.39 is 0 Å². The zero-order valence-electron chi connectivity index (χ0n) is 15.3. The normalized spacial score (nSPS) is 11.4. The lowest BCUT2D eigenvalue weighted by Gasteiger charge is -2.13. The summed E-state index contributed by atoms with van der Waals surface area (Å²) in [6, 6.07) is 12.0. The molecular weight excluding hydrogens is 360 g/mol. The Bertz CT molecular complexity index is 858. The quantitative estimate of drug-likeness (QED) is 0.374. The molecule has 0 saturated heterocycles. The fraction of sp³-hybridized carbons (Fsp3) is 0.250. The first-order valence-electron chi connectivity index (χ1n) is 8.95. The molecule has 0 aliphatic rings. The highest BCUT2D eigenvalue weighted by Crippen LogP contribution is 2.15. The van der Waals surface area contributed by atoms with Crippen LogP contribution in [0.2, 0.25) is 5.15 Å². The van der Waals surface area contributed by atoms with Crippen molar-refractivity contribution in [3.8, 4) is 5.69 Å². The molecular formula is C20H23ClN6. The number of nitrogens with zero attached hydrogens (tertiary/aromatic N) is 4. The van der Waals surface area contributed by atoms with E-state index in [9.17, 15) is 0 Å². The van der Waals surface area contributed by atoms with E-state index in [1.807, 2.05) is 35.0 Å². The lowest BCUT2D eigenvalue weighted by atomic mass is 10.2. The highest BCUT2D eigenvalue weighted by Gasteiger charge is 2.04. The van der Waals surface area contributed by atoms with Crippen molar-refractivity contribution in [1.82, 2.24) is 25.2 Å². The van der Waals surface area contributed by atoms with Crippen molar-refractivity contribution in [2.75, 3.05) is 13.1 Å². The van der Waals surface area contributed by atoms with Gasteiger partial charge in [0.25, 0.3) is 0 Å². The molecule has 0 aliphatic heterocycles. The van der Waals surface area contributed by atoms with Crippen LogP contribution in [0, 0.1) is 0 Å². The average Bonchev–Trinajstić information content (AvgIpc) is 3.22. The Balaban J connectivity index is 1.63. The number of nitrogens with one attached hydrogen (secondary N) is 2. The van der Waals surface area contributed by atoms with Crippen LogP contribution in [0.25, 0.3) is 5.69 Å². The summed E-state index contributed by atoms with van der Waals surface area (Å²) in [6.45, 7) is 4.20. The number of hydrogen-bond donors (Lipinski definition) is 2. The number of guanidine groups is 1. The van der Waals surface area contributed by atoms with Gasteiger partial charge in [-0.1, -0.05) is 35.9 Å². The molecule has 2 N–H and O–H groups in total. The van der Waals surface area contributed by atoms with Crippen LogP contribution in [0.4, 0.5) is 0 Å². The number of para-hydroxylation sites is 1. The Morgan fingerprint density at radius 2 is 2.07 bits per heavy atom. The lowest BCUT2D eigenvalue weighted by Crippen LogP contribution is -2.38. The van der Waals surface area contributed by atoms with Gasteiger partial charge in [0, 0.05) is 31.7 Å². The SMILES string of the molecule is CCNC(=NCc1ccccc1-n1ccnc1)NCCc1ccc(Cl)nc1. The van der Waals surface area contributed by atoms with Crippen LogP contribution in [0.5, 0.6) is 0 Å². The number of hydrogen-bond acceptors (Lipinski definition) is 3. The Morgan fingerprint density at radius 3 is 2.81 bits per heavy atom. The van der Waals surface area contributed by atoms with Gasteiger partial charge in [-0.25, -0.2) is 15.0 Å². The van der Waals surface area contributed by atoms with Gasteiger partial charge in [-0.05, 0) is 36.6 Å². The molecule has 2 heterocycles. The van der Waals surface area contributed by atoms with Crippen LogP contribution >= 0.6 is 11.6 Å². The summed E-state index contributed by atoms with van der Waals surface area (Å²) in [7, 11) is 0. The number of halogens is 1. The van der Waals surface area contributed by atoms with E-state index in [1.54, 1.807) is 18.7 Å². The maximum absolute atomic E-state index is 5.83. The molecule has 0 fully saturated rings. The van der Waals surface area contributed by atoms with E-state index in [-0.39, 0.29) is 0 Å². The molecule has 3 aromatic rings. The maximum atomic E-state index is 5.83. The third-order valence-electron chi connectivity index (χ3n) is 4.02. The van der Waals surface area contributed by atoms with Crippen molar-refractivity contribution in [3.05, 3.63) is 77.6 Å². The number of benzene rings is 1. The van der Waals surface area contributed by atoms with Gasteiger partial charge >= 0.3 is 0 Å². The van der Waals surface area contributed by atoms with Crippen LogP contribution in [0.1, 0.15) is 18.1 Å². The van der Waals surface area contributed by atoms with E-state index in [1.165, 1.54) is 0 Å². The second-order valence-electron chi connectivity index (χ2n) is 5.96. The molecule has 7 heteroatoms. The summed E-state index contributed by atoms with van der Waals surface area (Å²) in [5.41, 5.74) is 3.35. The third kappa shape index (κ3) is 5.56. The number of aromatic nitrogens is 3. The Labute approximate surface area is 164 Å². The van der Waals surface area contributed by atoms with E-state index in [2.05, 4.69) is 39.7 Å². The predicted molar refractivity (Wildman–Crippen MR) is 109 cm³/mol. The van der Waals surface area contributed by atoms with Crippen LogP contribution in [0.3, 0.4) is 0 Å². The molecule has 0 unspecified atom stereocenters. The largest absolute Gasteiger partial charge is 0.357 e. The zero-order chi connectivity index (χ0) is 18.9. The van der Waals surface area contributed by atoms with Gasteiger partial charge in [-0.15, -0.1) is 0 Å². The summed E-state index contributed by atoms with van der Waals surface area (Å²) in [4.78, 5) is 13.0. The molecule has 0 atom stereocenters. The van der Waals surface area contributed by atoms with Crippen LogP contribution in [0.15, 0.2) is 66.3 Å². The van der Waals surface area contributed by atoms with Crippen LogP contribution in [-0.4, -0.2) is 33.6 Å². The van der Waals surface area contributed by atoms with Gasteiger partial charge in [0.1, 0.15) is 5.15 Å². The molecule has 0 aliphatic carbocycles. The van der Waals surface area contributed by atoms with Crippen molar-refractivity contribution >= 4 is 17.6 Å². The molecule has 6 nitrogen and oxygen atoms in total. The van der Waals surface area contributed by atoms with Gasteiger partial charge < -0.3 is 15.2 Å². The molecule has 0 radical (unpaired) electrons. The van der Waals surface area contributed by atoms with E-state index >= 15 is 0 Å². The summed E-state index contributed by atoms with van der Waals surface area (Å²) in [6.07, 6.45) is 8.16. The molecule has 27 heavy (non-hydrogen) atoms. The Kier molecular flexibility index (Phi) is 6.82. The standard InChI is InChI=1S/C20H23ClN6/c1-2-23-20(24-10-9-16-7-8-19(21)25-13-16)26-14-17-5-3-4-6-18(17)27-12-11-22-15-27/h3-8,11-13,15H,2,9-10,14H2,1H3,(H2,23,24,26). The van der Waals surface area contributed by atoms with Crippen molar-refractivity contribution in [1.29, 1.82) is 0 Å². The number of rotatable bonds is 7. The molecule has 2 aromatic heterocycles. The van der Waals surface area contributed by atoms with Gasteiger partial charge in [0.15, 0.2) is 5.96 Å². The summed E-state index contributed by atoms with van der Waals surface area (Å²) >= 11 is 5.83. The van der Waals surface area contributed by atoms with Gasteiger partial charge in [-0.3, -0.25) is 0 Å². The monoisotopic (exact) mass is 382 g/mol. The molecule has 3 rings (SSSR count). The zero-order valence-corrected chi connectivity index (χ0v) is 16.0. The van der Waals surface area contributed by atoms with Crippen LogP contribution < -0.4 is 10.6 Å². The topological polar surface area (TPSA) is 67.1 Å². The molecule has 1 aromatic carbocycles. The molecule has 0 saturated carbocycles. The van der Waals surface area contributed by atoms with Crippen molar-refractivity contribution in [2.24, 2.45) is 4.99 Å². The second kappa shape index (κ2) is 9.73. The molecule has 0 amide bonds. The Morgan fingerprint density at radius 1 is 1.19 bits per heavy atom. The highest BCUT2D eigenvalue weighted by molar-refractivity contribution is 6.29.